The van der Waals surface area contributed by atoms with Crippen LogP contribution in [0.25, 0.3) is 11.1 Å². The highest BCUT2D eigenvalue weighted by Crippen LogP contribution is 2.49. The Balaban J connectivity index is 1.55. The van der Waals surface area contributed by atoms with E-state index < -0.39 is 11.5 Å². The van der Waals surface area contributed by atoms with Gasteiger partial charge in [0.1, 0.15) is 12.1 Å². The van der Waals surface area contributed by atoms with Crippen LogP contribution in [-0.4, -0.2) is 27.3 Å². The molecule has 2 fully saturated rings. The Bertz CT molecular complexity index is 825. The minimum absolute atomic E-state index is 0.174. The normalized spacial score (nSPS) is 25.5. The van der Waals surface area contributed by atoms with Gasteiger partial charge in [0.2, 0.25) is 5.58 Å². The third-order valence-electron chi connectivity index (χ3n) is 5.35. The molecule has 0 saturated heterocycles. The number of ether oxygens (including phenoxy) is 1. The molecule has 2 heterocycles. The number of aromatic nitrogens is 3. The van der Waals surface area contributed by atoms with Crippen LogP contribution in [0.4, 0.5) is 0 Å². The van der Waals surface area contributed by atoms with E-state index in [1.807, 2.05) is 0 Å². The van der Waals surface area contributed by atoms with E-state index in [0.717, 1.165) is 22.9 Å². The highest BCUT2D eigenvalue weighted by molar-refractivity contribution is 5.72. The van der Waals surface area contributed by atoms with Gasteiger partial charge in [-0.3, -0.25) is 9.59 Å². The van der Waals surface area contributed by atoms with Crippen molar-refractivity contribution in [1.82, 2.24) is 14.8 Å². The summed E-state index contributed by atoms with van der Waals surface area (Å²) in [5.41, 5.74) is 0.193. The summed E-state index contributed by atoms with van der Waals surface area (Å²) in [5, 5.41) is 3.99. The van der Waals surface area contributed by atoms with Crippen LogP contribution in [0.1, 0.15) is 38.5 Å². The maximum absolute atomic E-state index is 12.4. The molecule has 0 aliphatic heterocycles. The Morgan fingerprint density at radius 3 is 3.00 bits per heavy atom. The van der Waals surface area contributed by atoms with Crippen molar-refractivity contribution in [3.05, 3.63) is 22.4 Å². The molecule has 7 heteroatoms. The Morgan fingerprint density at radius 1 is 1.42 bits per heavy atom. The third-order valence-corrected chi connectivity index (χ3v) is 5.35. The summed E-state index contributed by atoms with van der Waals surface area (Å²) < 4.78 is 11.6. The van der Waals surface area contributed by atoms with Gasteiger partial charge < -0.3 is 9.15 Å². The van der Waals surface area contributed by atoms with Crippen LogP contribution in [0.5, 0.6) is 0 Å². The van der Waals surface area contributed by atoms with Crippen LogP contribution >= 0.6 is 0 Å². The molecule has 2 aromatic heterocycles. The first kappa shape index (κ1) is 15.4. The van der Waals surface area contributed by atoms with E-state index in [-0.39, 0.29) is 18.7 Å². The SMILES string of the molecule is CCOC(=O)Cn1ncc2nc(CC3CC4CCC3C4)oc2c1=O. The average Bonchev–Trinajstić information content (AvgIpc) is 3.25. The number of oxazole rings is 1. The van der Waals surface area contributed by atoms with E-state index in [4.69, 9.17) is 9.15 Å². The lowest BCUT2D eigenvalue weighted by molar-refractivity contribution is -0.144. The molecule has 0 N–H and O–H groups in total. The molecule has 0 aromatic carbocycles. The summed E-state index contributed by atoms with van der Waals surface area (Å²) in [7, 11) is 0. The first-order valence-electron chi connectivity index (χ1n) is 8.65. The van der Waals surface area contributed by atoms with E-state index in [9.17, 15) is 9.59 Å². The molecule has 0 radical (unpaired) electrons. The van der Waals surface area contributed by atoms with Gasteiger partial charge in [-0.15, -0.1) is 0 Å². The zero-order valence-corrected chi connectivity index (χ0v) is 13.7. The minimum Gasteiger partial charge on any atom is -0.465 e. The van der Waals surface area contributed by atoms with Crippen LogP contribution in [0.15, 0.2) is 15.4 Å². The number of esters is 1. The monoisotopic (exact) mass is 331 g/mol. The summed E-state index contributed by atoms with van der Waals surface area (Å²) in [6, 6.07) is 0. The number of hydrogen-bond donors (Lipinski definition) is 0. The maximum atomic E-state index is 12.4. The Kier molecular flexibility index (Phi) is 3.86. The van der Waals surface area contributed by atoms with Crippen molar-refractivity contribution >= 4 is 17.1 Å². The molecule has 128 valence electrons. The number of carbonyl (C=O) groups is 1. The largest absolute Gasteiger partial charge is 0.465 e. The number of nitrogens with zero attached hydrogens (tertiary/aromatic N) is 3. The van der Waals surface area contributed by atoms with Crippen molar-refractivity contribution in [1.29, 1.82) is 0 Å². The molecule has 24 heavy (non-hydrogen) atoms. The lowest BCUT2D eigenvalue weighted by atomic mass is 9.86. The van der Waals surface area contributed by atoms with Gasteiger partial charge >= 0.3 is 11.5 Å². The van der Waals surface area contributed by atoms with E-state index in [2.05, 4.69) is 10.1 Å². The molecular weight excluding hydrogens is 310 g/mol. The summed E-state index contributed by atoms with van der Waals surface area (Å²) in [5.74, 6) is 2.38. The van der Waals surface area contributed by atoms with Crippen LogP contribution in [-0.2, 0) is 22.5 Å². The molecule has 7 nitrogen and oxygen atoms in total. The van der Waals surface area contributed by atoms with Gasteiger partial charge in [-0.25, -0.2) is 9.67 Å². The molecule has 2 saturated carbocycles. The van der Waals surface area contributed by atoms with Crippen molar-refractivity contribution in [2.75, 3.05) is 6.61 Å². The van der Waals surface area contributed by atoms with Gasteiger partial charge in [0.15, 0.2) is 5.89 Å². The molecular formula is C17H21N3O4. The molecule has 2 aliphatic carbocycles. The van der Waals surface area contributed by atoms with E-state index in [0.29, 0.717) is 17.3 Å². The summed E-state index contributed by atoms with van der Waals surface area (Å²) >= 11 is 0. The fraction of sp³-hybridized carbons (Fsp3) is 0.647. The summed E-state index contributed by atoms with van der Waals surface area (Å²) in [6.07, 6.45) is 7.51. The molecule has 2 aromatic rings. The Morgan fingerprint density at radius 2 is 2.29 bits per heavy atom. The Labute approximate surface area is 139 Å². The van der Waals surface area contributed by atoms with Gasteiger partial charge in [0, 0.05) is 6.42 Å². The third kappa shape index (κ3) is 2.72. The number of fused-ring (bicyclic) bond motifs is 3. The number of hydrogen-bond acceptors (Lipinski definition) is 6. The molecule has 0 amide bonds. The van der Waals surface area contributed by atoms with Crippen LogP contribution in [0, 0.1) is 17.8 Å². The average molecular weight is 331 g/mol. The van der Waals surface area contributed by atoms with Crippen molar-refractivity contribution in [2.24, 2.45) is 17.8 Å². The lowest BCUT2D eigenvalue weighted by Gasteiger charge is -2.19. The molecule has 3 atom stereocenters. The smallest absolute Gasteiger partial charge is 0.327 e. The second kappa shape index (κ2) is 6.03. The highest BCUT2D eigenvalue weighted by atomic mass is 16.5. The van der Waals surface area contributed by atoms with Crippen LogP contribution in [0.2, 0.25) is 0 Å². The van der Waals surface area contributed by atoms with Crippen molar-refractivity contribution in [3.8, 4) is 0 Å². The van der Waals surface area contributed by atoms with Gasteiger partial charge in [-0.1, -0.05) is 6.42 Å². The second-order valence-electron chi connectivity index (χ2n) is 6.87. The highest BCUT2D eigenvalue weighted by Gasteiger charge is 2.40. The van der Waals surface area contributed by atoms with Crippen molar-refractivity contribution < 1.29 is 13.9 Å². The standard InChI is InChI=1S/C17H21N3O4/c1-2-23-15(21)9-20-17(22)16-13(8-18-20)19-14(24-16)7-12-6-10-3-4-11(12)5-10/h8,10-12H,2-7,9H2,1H3. The summed E-state index contributed by atoms with van der Waals surface area (Å²) in [6.45, 7) is 1.77. The van der Waals surface area contributed by atoms with Gasteiger partial charge in [-0.05, 0) is 43.9 Å². The zero-order chi connectivity index (χ0) is 16.7. The van der Waals surface area contributed by atoms with E-state index in [1.165, 1.54) is 31.9 Å². The Hall–Kier alpha value is -2.18. The summed E-state index contributed by atoms with van der Waals surface area (Å²) in [4.78, 5) is 28.4. The van der Waals surface area contributed by atoms with Crippen LogP contribution in [0.3, 0.4) is 0 Å². The topological polar surface area (TPSA) is 87.2 Å². The van der Waals surface area contributed by atoms with Crippen molar-refractivity contribution in [2.45, 2.75) is 45.6 Å². The lowest BCUT2D eigenvalue weighted by Crippen LogP contribution is -2.27. The fourth-order valence-corrected chi connectivity index (χ4v) is 4.29. The first-order chi connectivity index (χ1) is 11.6. The van der Waals surface area contributed by atoms with E-state index >= 15 is 0 Å². The number of rotatable bonds is 5. The second-order valence-corrected chi connectivity index (χ2v) is 6.87. The minimum atomic E-state index is -0.492. The fourth-order valence-electron chi connectivity index (χ4n) is 4.29. The maximum Gasteiger partial charge on any atom is 0.327 e. The quantitative estimate of drug-likeness (QED) is 0.778. The first-order valence-corrected chi connectivity index (χ1v) is 8.65. The van der Waals surface area contributed by atoms with Gasteiger partial charge in [-0.2, -0.15) is 5.10 Å². The molecule has 3 unspecified atom stereocenters. The van der Waals surface area contributed by atoms with Crippen LogP contribution < -0.4 is 5.56 Å². The van der Waals surface area contributed by atoms with Gasteiger partial charge in [0.25, 0.3) is 0 Å². The molecule has 4 rings (SSSR count). The zero-order valence-electron chi connectivity index (χ0n) is 13.7. The molecule has 0 spiro atoms. The number of carbonyl (C=O) groups excluding carboxylic acids is 1. The predicted octanol–water partition coefficient (Wildman–Crippen LogP) is 1.93. The molecule has 2 aliphatic rings. The predicted molar refractivity (Wildman–Crippen MR) is 85.3 cm³/mol. The van der Waals surface area contributed by atoms with E-state index in [1.54, 1.807) is 6.92 Å². The van der Waals surface area contributed by atoms with Crippen molar-refractivity contribution in [3.63, 3.8) is 0 Å². The van der Waals surface area contributed by atoms with Gasteiger partial charge in [0.05, 0.1) is 12.8 Å². The molecule has 2 bridgehead atoms.